The highest BCUT2D eigenvalue weighted by molar-refractivity contribution is 5.70. The Bertz CT molecular complexity index is 6170. The first-order valence-corrected chi connectivity index (χ1v) is 40.4. The molecule has 0 radical (unpaired) electrons. The summed E-state index contributed by atoms with van der Waals surface area (Å²) in [6.07, 6.45) is -3.94. The number of fused-ring (bicyclic) bond motifs is 1. The number of aromatic nitrogens is 16. The van der Waals surface area contributed by atoms with Crippen molar-refractivity contribution in [2.45, 2.75) is 148 Å². The number of aliphatic hydroxyl groups is 13. The Morgan fingerprint density at radius 3 is 1.28 bits per heavy atom. The molecule has 0 bridgehead atoms. The number of imidazole rings is 1. The van der Waals surface area contributed by atoms with Crippen molar-refractivity contribution < 1.29 is 104 Å². The fourth-order valence-electron chi connectivity index (χ4n) is 15.5. The minimum absolute atomic E-state index is 0.00470. The fraction of sp³-hybridized carbons (Fsp3) is 0.568. The minimum atomic E-state index is -1.39. The molecular formula is C74H98FN27O32. The molecule has 0 saturated carbocycles. The van der Waals surface area contributed by atoms with E-state index in [9.17, 15) is 113 Å². The molecule has 60 heteroatoms. The smallest absolute Gasteiger partial charge is 0.351 e. The van der Waals surface area contributed by atoms with Crippen LogP contribution in [0.1, 0.15) is 63.4 Å². The SMILES string of the molecule is C#C[C@H]1[C@@H](O)[C@H](n2ccc(=O)[nH]c2=O)O[C@@H]1CO.CC[C@H]1[C@@H](F)[C@H](n2ccc(=O)[nH]c2=O)O[C@@H]1CO.NC[C@H]1[C@@H](O)[C@H](n2ccc(=O)[nH]c2=O)O[C@@H]1CO.NC[C@H]1[C@@H](O)[C@H](n2cnc3c(=O)[nH]c(N)nc32)O[C@@H]1CO.[C-]#[N+]C[C@H]1[C@@H](O)[C@H](n2ccc(=O)[nH]c2=O)O[C@@H]1CO.[N-]=[N+]=NC[C@H]1[C@@H](O)[C@H](n2ccc(N)nc2=O)O[C@@H]1CO.[N-]=[N+]=N[C@]1(CO)C[C@H](n2ccc(=O)[nH]c2=O)O[C@@H]1CO. The fourth-order valence-corrected chi connectivity index (χ4v) is 15.5. The number of azide groups is 2. The largest absolute Gasteiger partial charge is 0.396 e. The number of nitrogen functional groups attached to an aromatic ring is 2. The van der Waals surface area contributed by atoms with Crippen molar-refractivity contribution in [1.29, 1.82) is 0 Å². The monoisotopic (exact) mass is 1900 g/mol. The van der Waals surface area contributed by atoms with E-state index in [1.54, 1.807) is 6.92 Å². The third kappa shape index (κ3) is 23.6. The topological polar surface area (TPSA) is 906 Å². The molecule has 0 aromatic carbocycles. The molecule has 134 heavy (non-hydrogen) atoms. The van der Waals surface area contributed by atoms with E-state index in [-0.39, 0.29) is 95.2 Å². The number of anilines is 2. The number of aromatic amines is 6. The number of nitrogens with zero attached hydrogens (tertiary/aromatic N) is 17. The van der Waals surface area contributed by atoms with Gasteiger partial charge in [-0.3, -0.25) is 90.6 Å². The van der Waals surface area contributed by atoms with Crippen LogP contribution in [0.5, 0.6) is 0 Å². The van der Waals surface area contributed by atoms with Crippen molar-refractivity contribution in [3.8, 4) is 12.3 Å². The summed E-state index contributed by atoms with van der Waals surface area (Å²) in [6.45, 7) is 5.89. The zero-order valence-corrected chi connectivity index (χ0v) is 70.4. The number of ether oxygens (including phenoxy) is 7. The Morgan fingerprint density at radius 1 is 0.507 bits per heavy atom. The van der Waals surface area contributed by atoms with Crippen LogP contribution < -0.4 is 90.4 Å². The van der Waals surface area contributed by atoms with Gasteiger partial charge in [0, 0.05) is 127 Å². The van der Waals surface area contributed by atoms with Crippen LogP contribution in [-0.2, 0) is 33.2 Å². The highest BCUT2D eigenvalue weighted by Gasteiger charge is 2.52. The Kier molecular flexibility index (Phi) is 37.1. The van der Waals surface area contributed by atoms with Crippen molar-refractivity contribution in [1.82, 2.24) is 76.8 Å². The third-order valence-corrected chi connectivity index (χ3v) is 22.5. The summed E-state index contributed by atoms with van der Waals surface area (Å²) in [5.41, 5.74) is 30.5. The lowest BCUT2D eigenvalue weighted by Gasteiger charge is -2.24. The van der Waals surface area contributed by atoms with Crippen molar-refractivity contribution in [2.24, 2.45) is 57.2 Å². The second-order valence-electron chi connectivity index (χ2n) is 30.4. The molecule has 7 aliphatic rings. The van der Waals surface area contributed by atoms with E-state index in [0.717, 1.165) is 57.7 Å². The number of H-pyrrole nitrogens is 6. The Balaban J connectivity index is 0.000000176. The number of nitrogens with one attached hydrogen (secondary N) is 6. The summed E-state index contributed by atoms with van der Waals surface area (Å²) in [7, 11) is 0. The molecule has 7 saturated heterocycles. The number of alkyl halides is 1. The van der Waals surface area contributed by atoms with Gasteiger partial charge in [0.05, 0.1) is 114 Å². The number of hydrogen-bond acceptors (Lipinski definition) is 41. The van der Waals surface area contributed by atoms with E-state index in [2.05, 4.69) is 65.7 Å². The first-order valence-electron chi connectivity index (χ1n) is 40.4. The Morgan fingerprint density at radius 2 is 0.896 bits per heavy atom. The zero-order valence-electron chi connectivity index (χ0n) is 70.4. The van der Waals surface area contributed by atoms with Crippen LogP contribution in [0.4, 0.5) is 16.2 Å². The van der Waals surface area contributed by atoms with Crippen LogP contribution in [0.3, 0.4) is 0 Å². The van der Waals surface area contributed by atoms with Gasteiger partial charge in [0.1, 0.15) is 48.1 Å². The summed E-state index contributed by atoms with van der Waals surface area (Å²) in [5, 5.41) is 131. The molecular weight excluding hydrogens is 1800 g/mol. The summed E-state index contributed by atoms with van der Waals surface area (Å²) in [5.74, 6) is -0.910. The number of rotatable bonds is 22. The van der Waals surface area contributed by atoms with Gasteiger partial charge in [-0.15, -0.1) is 6.42 Å². The Hall–Kier alpha value is -13.0. The average Bonchev–Trinajstić information content (AvgIpc) is 1.61. The normalized spacial score (nSPS) is 30.3. The molecule has 7 aliphatic heterocycles. The number of aliphatic hydroxyl groups excluding tert-OH is 13. The van der Waals surface area contributed by atoms with Crippen molar-refractivity contribution >= 4 is 22.9 Å². The molecule has 728 valence electrons. The second-order valence-corrected chi connectivity index (χ2v) is 30.4. The molecule has 0 aliphatic carbocycles. The average molecular weight is 1900 g/mol. The van der Waals surface area contributed by atoms with E-state index < -0.39 is 245 Å². The maximum atomic E-state index is 14.2. The van der Waals surface area contributed by atoms with Gasteiger partial charge >= 0.3 is 34.1 Å². The predicted octanol–water partition coefficient (Wildman–Crippen LogP) is -11.1. The second kappa shape index (κ2) is 47.5. The molecule has 27 atom stereocenters. The summed E-state index contributed by atoms with van der Waals surface area (Å²) >= 11 is 0. The quantitative estimate of drug-likeness (QED) is 0.00985. The maximum absolute atomic E-state index is 14.2. The third-order valence-electron chi connectivity index (χ3n) is 22.5. The zero-order chi connectivity index (χ0) is 98.4. The Labute approximate surface area is 746 Å². The predicted molar refractivity (Wildman–Crippen MR) is 451 cm³/mol. The van der Waals surface area contributed by atoms with Crippen molar-refractivity contribution in [2.75, 3.05) is 90.5 Å². The van der Waals surface area contributed by atoms with Crippen LogP contribution in [0.15, 0.2) is 148 Å². The molecule has 15 rings (SSSR count). The number of terminal acetylenes is 1. The summed E-state index contributed by atoms with van der Waals surface area (Å²) in [4.78, 5) is 169. The van der Waals surface area contributed by atoms with Gasteiger partial charge in [-0.1, -0.05) is 23.1 Å². The van der Waals surface area contributed by atoms with Gasteiger partial charge in [0.2, 0.25) is 12.5 Å². The maximum Gasteiger partial charge on any atom is 0.351 e. The number of nitrogens with two attached hydrogens (primary N) is 4. The van der Waals surface area contributed by atoms with E-state index in [4.69, 9.17) is 95.5 Å². The minimum Gasteiger partial charge on any atom is -0.396 e. The number of halogens is 1. The van der Waals surface area contributed by atoms with Gasteiger partial charge in [-0.25, -0.2) is 44.7 Å². The van der Waals surface area contributed by atoms with Crippen molar-refractivity contribution in [3.63, 3.8) is 0 Å². The van der Waals surface area contributed by atoms with Crippen LogP contribution in [0.25, 0.3) is 36.9 Å². The first kappa shape index (κ1) is 105. The highest BCUT2D eigenvalue weighted by atomic mass is 19.1. The molecule has 7 fully saturated rings. The molecule has 0 amide bonds. The molecule has 15 heterocycles. The van der Waals surface area contributed by atoms with Gasteiger partial charge in [0.15, 0.2) is 54.7 Å². The lowest BCUT2D eigenvalue weighted by molar-refractivity contribution is -0.0535. The van der Waals surface area contributed by atoms with E-state index in [1.165, 1.54) is 54.1 Å². The van der Waals surface area contributed by atoms with Crippen LogP contribution in [-0.4, -0.2) is 307 Å². The highest BCUT2D eigenvalue weighted by Crippen LogP contribution is 2.42. The van der Waals surface area contributed by atoms with Crippen LogP contribution in [0, 0.1) is 54.4 Å². The number of hydrogen-bond donors (Lipinski definition) is 23. The molecule has 0 spiro atoms. The van der Waals surface area contributed by atoms with Crippen LogP contribution >= 0.6 is 0 Å². The van der Waals surface area contributed by atoms with E-state index in [0.29, 0.717) is 6.42 Å². The summed E-state index contributed by atoms with van der Waals surface area (Å²) < 4.78 is 59.9. The van der Waals surface area contributed by atoms with Gasteiger partial charge in [-0.05, 0) is 23.5 Å². The van der Waals surface area contributed by atoms with Crippen LogP contribution in [0.2, 0.25) is 0 Å². The molecule has 59 nitrogen and oxygen atoms in total. The molecule has 8 aromatic rings. The standard InChI is InChI=1S/C11H15FN2O4.C11H16N6O4.C11H13N3O5.C11H12N2O5.C10H14N6O4.C10H13N5O5.C10H15N3O5/c1-2-6-7(5-15)18-10(9(6)12)14-4-3-8(16)13-11(14)17;12-1-4-5(2-18)21-10(7(4)19)17-3-14-6-8(17)15-11(13)16-9(6)20;1-12-4-6-7(5-15)19-10(9(6)17)14-3-2-8(16)13-11(14)18;1-2-6-7(5-14)18-10(9(6)16)13-4-3-8(15)12-11(13)17;11-7-1-2-16(10(19)14-7)9-8(18)5(3-13-15-12)6(4-17)20-9;11-14-13-10(5-17)3-8(20-6(10)4-16)15-2-1-7(18)12-9(15)19;11-3-5-6(4-14)18-9(8(5)16)13-2-1-7(15)12-10(13)17/h3-4,6-7,9-10,15H,2,5H2,1H3,(H,13,16,17);3-5,7,10,18-19H,1-2,12H2,(H3,13,15,16,20);2-3,6-7,9-10,15,17H,4-5H2,(H,13,16,18);1,3-4,6-7,9-10,14,16H,5H2,(H,12,15,17);1-2,5-6,8-9,17-18H,3-4H2,(H2,11,14,19);1-2,6,8,16-17H,3-5H2,(H,12,18,19);1-2,5-6,8-9,14,16H,3-4,11H2,(H,12,15,17)/t6-,7-,9-,10-;4-,5-,7-,10-;2*6-,7-,9-,10-;5-,6-,8-,9-;6-,8-,10+;5-,6-,8-,9-/m1111111/s1. The first-order chi connectivity index (χ1) is 64.0. The molecule has 0 unspecified atom stereocenters. The van der Waals surface area contributed by atoms with Gasteiger partial charge in [0.25, 0.3) is 33.4 Å². The lowest BCUT2D eigenvalue weighted by atomic mass is 9.93. The molecule has 27 N–H and O–H groups in total. The van der Waals surface area contributed by atoms with Crippen molar-refractivity contribution in [3.05, 3.63) is 237 Å². The van der Waals surface area contributed by atoms with E-state index >= 15 is 0 Å². The lowest BCUT2D eigenvalue weighted by Crippen LogP contribution is -2.41. The van der Waals surface area contributed by atoms with E-state index in [1.807, 2.05) is 9.97 Å². The van der Waals surface area contributed by atoms with Gasteiger partial charge in [-0.2, -0.15) is 9.97 Å². The summed E-state index contributed by atoms with van der Waals surface area (Å²) in [6, 6.07) is 7.09. The molecule has 8 aromatic heterocycles. The van der Waals surface area contributed by atoms with Gasteiger partial charge < -0.3 is 127 Å².